The van der Waals surface area contributed by atoms with Crippen molar-refractivity contribution in [1.29, 1.82) is 0 Å². The van der Waals surface area contributed by atoms with Crippen molar-refractivity contribution in [3.8, 4) is 0 Å². The molecule has 0 heterocycles. The van der Waals surface area contributed by atoms with Crippen LogP contribution in [0, 0.1) is 11.8 Å². The third-order valence-electron chi connectivity index (χ3n) is 4.58. The largest absolute Gasteiger partial charge is 0.329 e. The van der Waals surface area contributed by atoms with E-state index in [4.69, 9.17) is 11.5 Å². The molecule has 2 fully saturated rings. The molecule has 0 aliphatic heterocycles. The molecule has 4 N–H and O–H groups in total. The van der Waals surface area contributed by atoms with E-state index < -0.39 is 0 Å². The van der Waals surface area contributed by atoms with Gasteiger partial charge in [-0.25, -0.2) is 0 Å². The Labute approximate surface area is 99.6 Å². The first-order valence-corrected chi connectivity index (χ1v) is 6.26. The third kappa shape index (κ3) is 2.48. The van der Waals surface area contributed by atoms with Crippen molar-refractivity contribution < 1.29 is 0 Å². The number of nitrogens with two attached hydrogens (primary N) is 2. The van der Waals surface area contributed by atoms with E-state index in [1.165, 1.54) is 51.4 Å². The van der Waals surface area contributed by atoms with Crippen LogP contribution in [0.4, 0.5) is 0 Å². The summed E-state index contributed by atoms with van der Waals surface area (Å²) >= 11 is 0. The molecular formula is C12H25ClN2. The third-order valence-corrected chi connectivity index (χ3v) is 4.58. The molecule has 0 aromatic heterocycles. The van der Waals surface area contributed by atoms with Gasteiger partial charge in [-0.3, -0.25) is 0 Å². The molecule has 0 aromatic rings. The van der Waals surface area contributed by atoms with Crippen LogP contribution in [0.2, 0.25) is 0 Å². The molecule has 0 radical (unpaired) electrons. The summed E-state index contributed by atoms with van der Waals surface area (Å²) in [4.78, 5) is 0. The Hall–Kier alpha value is 0.210. The number of rotatable bonds is 3. The van der Waals surface area contributed by atoms with Gasteiger partial charge in [-0.15, -0.1) is 12.4 Å². The highest BCUT2D eigenvalue weighted by atomic mass is 35.5. The van der Waals surface area contributed by atoms with Crippen molar-refractivity contribution >= 4 is 12.4 Å². The van der Waals surface area contributed by atoms with E-state index in [1.807, 2.05) is 0 Å². The minimum atomic E-state index is -0.0208. The van der Waals surface area contributed by atoms with Crippen LogP contribution >= 0.6 is 12.4 Å². The molecule has 0 amide bonds. The van der Waals surface area contributed by atoms with Gasteiger partial charge >= 0.3 is 0 Å². The van der Waals surface area contributed by atoms with Crippen LogP contribution in [0.5, 0.6) is 0 Å². The minimum Gasteiger partial charge on any atom is -0.329 e. The normalized spacial score (nSPS) is 24.4. The van der Waals surface area contributed by atoms with Gasteiger partial charge in [0.2, 0.25) is 0 Å². The Morgan fingerprint density at radius 2 is 1.20 bits per heavy atom. The second-order valence-electron chi connectivity index (χ2n) is 5.28. The van der Waals surface area contributed by atoms with E-state index in [0.29, 0.717) is 6.54 Å². The van der Waals surface area contributed by atoms with E-state index in [2.05, 4.69) is 0 Å². The second kappa shape index (κ2) is 5.51. The fraction of sp³-hybridized carbons (Fsp3) is 1.00. The molecule has 2 rings (SSSR count). The lowest BCUT2D eigenvalue weighted by atomic mass is 9.73. The predicted molar refractivity (Wildman–Crippen MR) is 67.1 cm³/mol. The quantitative estimate of drug-likeness (QED) is 0.786. The summed E-state index contributed by atoms with van der Waals surface area (Å²) in [6.07, 6.45) is 10.8. The molecule has 90 valence electrons. The zero-order chi connectivity index (χ0) is 10.0. The Morgan fingerprint density at radius 1 is 0.867 bits per heavy atom. The number of halogens is 1. The van der Waals surface area contributed by atoms with E-state index in [9.17, 15) is 0 Å². The van der Waals surface area contributed by atoms with Crippen LogP contribution in [0.3, 0.4) is 0 Å². The standard InChI is InChI=1S/C12H24N2.ClH/c13-9-12(14,10-5-1-2-6-10)11-7-3-4-8-11;/h10-11H,1-9,13-14H2;1H. The summed E-state index contributed by atoms with van der Waals surface area (Å²) in [5.41, 5.74) is 12.5. The average Bonchev–Trinajstić information content (AvgIpc) is 2.88. The van der Waals surface area contributed by atoms with Crippen LogP contribution in [-0.4, -0.2) is 12.1 Å². The number of hydrogen-bond acceptors (Lipinski definition) is 2. The molecule has 0 unspecified atom stereocenters. The maximum absolute atomic E-state index is 6.58. The maximum Gasteiger partial charge on any atom is 0.0335 e. The molecular weight excluding hydrogens is 208 g/mol. The zero-order valence-electron chi connectivity index (χ0n) is 9.58. The monoisotopic (exact) mass is 232 g/mol. The molecule has 2 aliphatic rings. The number of hydrogen-bond donors (Lipinski definition) is 2. The Bertz CT molecular complexity index is 168. The van der Waals surface area contributed by atoms with Crippen LogP contribution in [-0.2, 0) is 0 Å². The lowest BCUT2D eigenvalue weighted by molar-refractivity contribution is 0.184. The molecule has 0 aromatic carbocycles. The molecule has 0 atom stereocenters. The Kier molecular flexibility index (Phi) is 4.88. The highest BCUT2D eigenvalue weighted by Gasteiger charge is 2.42. The summed E-state index contributed by atoms with van der Waals surface area (Å²) in [6.45, 7) is 0.697. The van der Waals surface area contributed by atoms with E-state index in [1.54, 1.807) is 0 Å². The average molecular weight is 233 g/mol. The summed E-state index contributed by atoms with van der Waals surface area (Å²) < 4.78 is 0. The summed E-state index contributed by atoms with van der Waals surface area (Å²) in [7, 11) is 0. The van der Waals surface area contributed by atoms with Crippen molar-refractivity contribution in [3.05, 3.63) is 0 Å². The molecule has 2 saturated carbocycles. The van der Waals surface area contributed by atoms with Gasteiger partial charge in [0.1, 0.15) is 0 Å². The van der Waals surface area contributed by atoms with Gasteiger partial charge < -0.3 is 11.5 Å². The first-order valence-electron chi connectivity index (χ1n) is 6.26. The second-order valence-corrected chi connectivity index (χ2v) is 5.28. The first kappa shape index (κ1) is 13.3. The van der Waals surface area contributed by atoms with E-state index in [0.717, 1.165) is 11.8 Å². The van der Waals surface area contributed by atoms with Gasteiger partial charge in [-0.2, -0.15) is 0 Å². The maximum atomic E-state index is 6.58. The molecule has 3 heteroatoms. The van der Waals surface area contributed by atoms with Gasteiger partial charge in [0, 0.05) is 12.1 Å². The molecule has 2 nitrogen and oxygen atoms in total. The van der Waals surface area contributed by atoms with Crippen LogP contribution in [0.15, 0.2) is 0 Å². The van der Waals surface area contributed by atoms with Crippen molar-refractivity contribution in [1.82, 2.24) is 0 Å². The zero-order valence-corrected chi connectivity index (χ0v) is 10.4. The molecule has 15 heavy (non-hydrogen) atoms. The summed E-state index contributed by atoms with van der Waals surface area (Å²) in [5.74, 6) is 1.44. The molecule has 2 aliphatic carbocycles. The Morgan fingerprint density at radius 3 is 1.47 bits per heavy atom. The van der Waals surface area contributed by atoms with Crippen molar-refractivity contribution in [2.24, 2.45) is 23.3 Å². The minimum absolute atomic E-state index is 0. The molecule has 0 bridgehead atoms. The lowest BCUT2D eigenvalue weighted by Gasteiger charge is -2.40. The fourth-order valence-corrected chi connectivity index (χ4v) is 3.59. The van der Waals surface area contributed by atoms with Gasteiger partial charge in [0.05, 0.1) is 0 Å². The van der Waals surface area contributed by atoms with E-state index in [-0.39, 0.29) is 17.9 Å². The van der Waals surface area contributed by atoms with Gasteiger partial charge in [0.25, 0.3) is 0 Å². The Balaban J connectivity index is 0.00000112. The predicted octanol–water partition coefficient (Wildman–Crippen LogP) is 2.44. The molecule has 0 saturated heterocycles. The van der Waals surface area contributed by atoms with Crippen LogP contribution < -0.4 is 11.5 Å². The summed E-state index contributed by atoms with van der Waals surface area (Å²) in [5, 5.41) is 0. The van der Waals surface area contributed by atoms with Gasteiger partial charge in [0.15, 0.2) is 0 Å². The molecule has 0 spiro atoms. The van der Waals surface area contributed by atoms with E-state index >= 15 is 0 Å². The smallest absolute Gasteiger partial charge is 0.0335 e. The van der Waals surface area contributed by atoms with Gasteiger partial charge in [-0.1, -0.05) is 25.7 Å². The fourth-order valence-electron chi connectivity index (χ4n) is 3.59. The van der Waals surface area contributed by atoms with Crippen LogP contribution in [0.1, 0.15) is 51.4 Å². The lowest BCUT2D eigenvalue weighted by Crippen LogP contribution is -2.57. The first-order chi connectivity index (χ1) is 6.77. The summed E-state index contributed by atoms with van der Waals surface area (Å²) in [6, 6.07) is 0. The SMILES string of the molecule is Cl.NCC(N)(C1CCCC1)C1CCCC1. The van der Waals surface area contributed by atoms with Crippen molar-refractivity contribution in [2.75, 3.05) is 6.54 Å². The highest BCUT2D eigenvalue weighted by Crippen LogP contribution is 2.42. The van der Waals surface area contributed by atoms with Crippen molar-refractivity contribution in [3.63, 3.8) is 0 Å². The highest BCUT2D eigenvalue weighted by molar-refractivity contribution is 5.85. The van der Waals surface area contributed by atoms with Crippen LogP contribution in [0.25, 0.3) is 0 Å². The van der Waals surface area contributed by atoms with Crippen molar-refractivity contribution in [2.45, 2.75) is 56.9 Å². The van der Waals surface area contributed by atoms with Gasteiger partial charge in [-0.05, 0) is 37.5 Å². The topological polar surface area (TPSA) is 52.0 Å².